The highest BCUT2D eigenvalue weighted by molar-refractivity contribution is 5.59. The molecule has 0 aromatic heterocycles. The summed E-state index contributed by atoms with van der Waals surface area (Å²) in [6, 6.07) is 4.54. The van der Waals surface area contributed by atoms with E-state index >= 15 is 0 Å². The van der Waals surface area contributed by atoms with Crippen molar-refractivity contribution in [1.29, 1.82) is 0 Å². The number of hydrogen-bond acceptors (Lipinski definition) is 3. The zero-order chi connectivity index (χ0) is 14.9. The Morgan fingerprint density at radius 2 is 2.00 bits per heavy atom. The van der Waals surface area contributed by atoms with Crippen LogP contribution in [0.25, 0.3) is 0 Å². The number of nitrogens with zero attached hydrogens (tertiary/aromatic N) is 2. The summed E-state index contributed by atoms with van der Waals surface area (Å²) in [5.74, 6) is 0. The minimum Gasteiger partial charge on any atom is -0.398 e. The van der Waals surface area contributed by atoms with Crippen molar-refractivity contribution in [1.82, 2.24) is 4.90 Å². The summed E-state index contributed by atoms with van der Waals surface area (Å²) in [7, 11) is 4.00. The highest BCUT2D eigenvalue weighted by Crippen LogP contribution is 2.36. The van der Waals surface area contributed by atoms with Gasteiger partial charge < -0.3 is 15.5 Å². The second kappa shape index (κ2) is 5.52. The molecule has 0 spiro atoms. The molecule has 1 saturated heterocycles. The highest BCUT2D eigenvalue weighted by atomic mass is 19.4. The van der Waals surface area contributed by atoms with E-state index < -0.39 is 11.7 Å². The van der Waals surface area contributed by atoms with Crippen LogP contribution in [-0.4, -0.2) is 38.1 Å². The van der Waals surface area contributed by atoms with Gasteiger partial charge in [-0.15, -0.1) is 0 Å². The van der Waals surface area contributed by atoms with E-state index in [4.69, 9.17) is 5.73 Å². The third kappa shape index (κ3) is 3.17. The molecule has 2 rings (SSSR count). The van der Waals surface area contributed by atoms with Crippen LogP contribution in [0.3, 0.4) is 0 Å². The van der Waals surface area contributed by atoms with Gasteiger partial charge in [0.15, 0.2) is 0 Å². The number of nitrogens with two attached hydrogens (primary N) is 1. The van der Waals surface area contributed by atoms with Crippen molar-refractivity contribution in [2.45, 2.75) is 25.1 Å². The molecule has 0 amide bonds. The van der Waals surface area contributed by atoms with E-state index in [0.717, 1.165) is 32.0 Å². The summed E-state index contributed by atoms with van der Waals surface area (Å²) in [5.41, 5.74) is 5.06. The molecular weight excluding hydrogens is 267 g/mol. The van der Waals surface area contributed by atoms with Gasteiger partial charge in [-0.05, 0) is 45.1 Å². The number of nitrogen functional groups attached to an aromatic ring is 1. The lowest BCUT2D eigenvalue weighted by molar-refractivity contribution is -0.136. The van der Waals surface area contributed by atoms with Crippen LogP contribution in [0.15, 0.2) is 18.2 Å². The van der Waals surface area contributed by atoms with Gasteiger partial charge in [-0.3, -0.25) is 0 Å². The summed E-state index contributed by atoms with van der Waals surface area (Å²) in [4.78, 5) is 4.12. The minimum absolute atomic E-state index is 0.220. The Morgan fingerprint density at radius 3 is 2.60 bits per heavy atom. The maximum Gasteiger partial charge on any atom is 0.418 e. The maximum absolute atomic E-state index is 12.9. The molecule has 1 aliphatic rings. The largest absolute Gasteiger partial charge is 0.418 e. The first-order chi connectivity index (χ1) is 9.29. The van der Waals surface area contributed by atoms with Gasteiger partial charge >= 0.3 is 6.18 Å². The van der Waals surface area contributed by atoms with Crippen molar-refractivity contribution in [3.63, 3.8) is 0 Å². The van der Waals surface area contributed by atoms with E-state index in [-0.39, 0.29) is 5.69 Å². The van der Waals surface area contributed by atoms with Crippen molar-refractivity contribution >= 4 is 11.4 Å². The van der Waals surface area contributed by atoms with Crippen LogP contribution in [0.1, 0.15) is 18.4 Å². The quantitative estimate of drug-likeness (QED) is 0.849. The van der Waals surface area contributed by atoms with Crippen LogP contribution in [-0.2, 0) is 6.18 Å². The van der Waals surface area contributed by atoms with Gasteiger partial charge in [-0.25, -0.2) is 0 Å². The maximum atomic E-state index is 12.9. The van der Waals surface area contributed by atoms with E-state index in [9.17, 15) is 13.2 Å². The molecule has 3 nitrogen and oxygen atoms in total. The topological polar surface area (TPSA) is 32.5 Å². The van der Waals surface area contributed by atoms with Crippen molar-refractivity contribution in [3.8, 4) is 0 Å². The first kappa shape index (κ1) is 15.0. The summed E-state index contributed by atoms with van der Waals surface area (Å²) in [6.07, 6.45) is -2.35. The highest BCUT2D eigenvalue weighted by Gasteiger charge is 2.34. The van der Waals surface area contributed by atoms with E-state index in [2.05, 4.69) is 4.90 Å². The molecule has 0 bridgehead atoms. The van der Waals surface area contributed by atoms with Gasteiger partial charge in [-0.1, -0.05) is 0 Å². The molecule has 1 fully saturated rings. The second-order valence-corrected chi connectivity index (χ2v) is 5.47. The Labute approximate surface area is 117 Å². The SMILES string of the molecule is CN(C)C1CCCN(c2ccc(N)c(C(F)(F)F)c2)C1. The Bertz CT molecular complexity index is 471. The lowest BCUT2D eigenvalue weighted by Crippen LogP contribution is -2.45. The predicted octanol–water partition coefficient (Wildman–Crippen LogP) is 2.82. The Hall–Kier alpha value is -1.43. The number of likely N-dealkylation sites (N-methyl/N-ethyl adjacent to an activating group) is 1. The van der Waals surface area contributed by atoms with Crippen LogP contribution in [0, 0.1) is 0 Å². The Kier molecular flexibility index (Phi) is 4.13. The standard InChI is InChI=1S/C14H20F3N3/c1-19(2)11-4-3-7-20(9-11)10-5-6-13(18)12(8-10)14(15,16)17/h5-6,8,11H,3-4,7,9,18H2,1-2H3. The van der Waals surface area contributed by atoms with Crippen molar-refractivity contribution in [2.75, 3.05) is 37.8 Å². The Morgan fingerprint density at radius 1 is 1.30 bits per heavy atom. The lowest BCUT2D eigenvalue weighted by Gasteiger charge is -2.37. The predicted molar refractivity (Wildman–Crippen MR) is 74.8 cm³/mol. The third-order valence-corrected chi connectivity index (χ3v) is 3.83. The smallest absolute Gasteiger partial charge is 0.398 e. The van der Waals surface area contributed by atoms with Gasteiger partial charge in [0.25, 0.3) is 0 Å². The number of piperidine rings is 1. The van der Waals surface area contributed by atoms with E-state index in [0.29, 0.717) is 11.7 Å². The molecule has 1 atom stereocenters. The number of rotatable bonds is 2. The third-order valence-electron chi connectivity index (χ3n) is 3.83. The van der Waals surface area contributed by atoms with Crippen molar-refractivity contribution in [2.24, 2.45) is 0 Å². The van der Waals surface area contributed by atoms with Gasteiger partial charge in [0.1, 0.15) is 0 Å². The molecule has 0 radical (unpaired) electrons. The van der Waals surface area contributed by atoms with Gasteiger partial charge in [0.2, 0.25) is 0 Å². The van der Waals surface area contributed by atoms with Crippen LogP contribution in [0.5, 0.6) is 0 Å². The molecule has 6 heteroatoms. The van der Waals surface area contributed by atoms with Crippen LogP contribution >= 0.6 is 0 Å². The van der Waals surface area contributed by atoms with Crippen LogP contribution < -0.4 is 10.6 Å². The van der Waals surface area contributed by atoms with E-state index in [1.807, 2.05) is 19.0 Å². The minimum atomic E-state index is -4.41. The van der Waals surface area contributed by atoms with Gasteiger partial charge in [0, 0.05) is 30.5 Å². The van der Waals surface area contributed by atoms with E-state index in [1.54, 1.807) is 6.07 Å². The average molecular weight is 287 g/mol. The number of halogens is 3. The molecule has 1 aliphatic heterocycles. The molecule has 1 aromatic carbocycles. The molecule has 1 aromatic rings. The Balaban J connectivity index is 2.25. The van der Waals surface area contributed by atoms with E-state index in [1.165, 1.54) is 6.07 Å². The number of hydrogen-bond donors (Lipinski definition) is 1. The molecule has 2 N–H and O–H groups in total. The number of anilines is 2. The summed E-state index contributed by atoms with van der Waals surface area (Å²) in [6.45, 7) is 1.53. The first-order valence-electron chi connectivity index (χ1n) is 6.67. The number of benzene rings is 1. The zero-order valence-corrected chi connectivity index (χ0v) is 11.7. The fraction of sp³-hybridized carbons (Fsp3) is 0.571. The molecule has 1 unspecified atom stereocenters. The molecule has 0 aliphatic carbocycles. The fourth-order valence-electron chi connectivity index (χ4n) is 2.60. The average Bonchev–Trinajstić information content (AvgIpc) is 2.38. The normalized spacial score (nSPS) is 20.5. The summed E-state index contributed by atoms with van der Waals surface area (Å²) in [5, 5.41) is 0. The molecule has 112 valence electrons. The van der Waals surface area contributed by atoms with Crippen molar-refractivity contribution < 1.29 is 13.2 Å². The van der Waals surface area contributed by atoms with Gasteiger partial charge in [-0.2, -0.15) is 13.2 Å². The first-order valence-corrected chi connectivity index (χ1v) is 6.67. The molecule has 0 saturated carbocycles. The lowest BCUT2D eigenvalue weighted by atomic mass is 10.0. The van der Waals surface area contributed by atoms with Crippen molar-refractivity contribution in [3.05, 3.63) is 23.8 Å². The fourth-order valence-corrected chi connectivity index (χ4v) is 2.60. The molecular formula is C14H20F3N3. The summed E-state index contributed by atoms with van der Waals surface area (Å²) >= 11 is 0. The zero-order valence-electron chi connectivity index (χ0n) is 11.7. The van der Waals surface area contributed by atoms with Gasteiger partial charge in [0.05, 0.1) is 5.56 Å². The van der Waals surface area contributed by atoms with Crippen LogP contribution in [0.4, 0.5) is 24.5 Å². The molecule has 20 heavy (non-hydrogen) atoms. The van der Waals surface area contributed by atoms with Crippen LogP contribution in [0.2, 0.25) is 0 Å². The molecule has 1 heterocycles. The summed E-state index contributed by atoms with van der Waals surface area (Å²) < 4.78 is 38.7. The monoisotopic (exact) mass is 287 g/mol. The number of alkyl halides is 3. The second-order valence-electron chi connectivity index (χ2n) is 5.47.